The molecule has 1 unspecified atom stereocenters. The number of hydrogen-bond acceptors (Lipinski definition) is 2. The van der Waals surface area contributed by atoms with Crippen molar-refractivity contribution < 1.29 is 9.90 Å². The standard InChI is InChI=1S/C19H25NO2/c21-17(16-4-2-1-3-5-16)9-18(22)20-19-10-13-6-14(11-19)8-15(7-13)12-19/h1-5,13-15,17,21H,6-12H2,(H,20,22). The third-order valence-electron chi connectivity index (χ3n) is 6.01. The molecule has 4 fully saturated rings. The Bertz CT molecular complexity index is 519. The first-order valence-corrected chi connectivity index (χ1v) is 8.66. The van der Waals surface area contributed by atoms with Gasteiger partial charge in [-0.15, -0.1) is 0 Å². The topological polar surface area (TPSA) is 49.3 Å². The molecular formula is C19H25NO2. The molecule has 4 aliphatic rings. The Morgan fingerprint density at radius 1 is 1.09 bits per heavy atom. The molecule has 0 aromatic heterocycles. The van der Waals surface area contributed by atoms with Gasteiger partial charge in [0.25, 0.3) is 0 Å². The van der Waals surface area contributed by atoms with Crippen molar-refractivity contribution in [3.8, 4) is 0 Å². The van der Waals surface area contributed by atoms with E-state index in [4.69, 9.17) is 0 Å². The monoisotopic (exact) mass is 299 g/mol. The summed E-state index contributed by atoms with van der Waals surface area (Å²) >= 11 is 0. The highest BCUT2D eigenvalue weighted by Gasteiger charge is 2.51. The van der Waals surface area contributed by atoms with Crippen LogP contribution in [0.1, 0.15) is 56.6 Å². The molecule has 0 aliphatic heterocycles. The number of rotatable bonds is 4. The van der Waals surface area contributed by atoms with Crippen LogP contribution in [0.2, 0.25) is 0 Å². The van der Waals surface area contributed by atoms with Crippen LogP contribution in [0.25, 0.3) is 0 Å². The normalized spacial score (nSPS) is 37.0. The van der Waals surface area contributed by atoms with Gasteiger partial charge >= 0.3 is 0 Å². The Morgan fingerprint density at radius 3 is 2.18 bits per heavy atom. The Hall–Kier alpha value is -1.35. The number of carbonyl (C=O) groups is 1. The largest absolute Gasteiger partial charge is 0.388 e. The fourth-order valence-electron chi connectivity index (χ4n) is 5.58. The van der Waals surface area contributed by atoms with E-state index in [0.29, 0.717) is 0 Å². The lowest BCUT2D eigenvalue weighted by molar-refractivity contribution is -0.128. The second-order valence-electron chi connectivity index (χ2n) is 7.88. The van der Waals surface area contributed by atoms with Gasteiger partial charge in [0.2, 0.25) is 5.91 Å². The molecule has 3 heteroatoms. The van der Waals surface area contributed by atoms with Crippen molar-refractivity contribution in [2.75, 3.05) is 0 Å². The van der Waals surface area contributed by atoms with Crippen molar-refractivity contribution >= 4 is 5.91 Å². The fraction of sp³-hybridized carbons (Fsp3) is 0.632. The van der Waals surface area contributed by atoms with Gasteiger partial charge in [0, 0.05) is 5.54 Å². The summed E-state index contributed by atoms with van der Waals surface area (Å²) in [7, 11) is 0. The van der Waals surface area contributed by atoms with Crippen LogP contribution < -0.4 is 5.32 Å². The van der Waals surface area contributed by atoms with E-state index < -0.39 is 6.10 Å². The Balaban J connectivity index is 1.40. The average molecular weight is 299 g/mol. The summed E-state index contributed by atoms with van der Waals surface area (Å²) in [6, 6.07) is 9.47. The lowest BCUT2D eigenvalue weighted by atomic mass is 9.53. The maximum absolute atomic E-state index is 12.4. The SMILES string of the molecule is O=C(CC(O)c1ccccc1)NC12CC3CC(CC(C3)C1)C2. The van der Waals surface area contributed by atoms with Gasteiger partial charge in [-0.05, 0) is 61.8 Å². The highest BCUT2D eigenvalue weighted by molar-refractivity contribution is 5.77. The van der Waals surface area contributed by atoms with Gasteiger partial charge in [0.1, 0.15) is 0 Å². The van der Waals surface area contributed by atoms with Gasteiger partial charge in [-0.25, -0.2) is 0 Å². The number of benzene rings is 1. The smallest absolute Gasteiger partial charge is 0.223 e. The van der Waals surface area contributed by atoms with Gasteiger partial charge in [-0.1, -0.05) is 30.3 Å². The zero-order valence-electron chi connectivity index (χ0n) is 13.0. The number of carbonyl (C=O) groups excluding carboxylic acids is 1. The van der Waals surface area contributed by atoms with E-state index in [2.05, 4.69) is 5.32 Å². The molecule has 22 heavy (non-hydrogen) atoms. The Morgan fingerprint density at radius 2 is 1.64 bits per heavy atom. The van der Waals surface area contributed by atoms with Crippen LogP contribution in [0.15, 0.2) is 30.3 Å². The van der Waals surface area contributed by atoms with E-state index in [1.165, 1.54) is 19.3 Å². The molecule has 1 aromatic rings. The van der Waals surface area contributed by atoms with Crippen LogP contribution in [0.3, 0.4) is 0 Å². The third-order valence-corrected chi connectivity index (χ3v) is 6.01. The number of nitrogens with one attached hydrogen (secondary N) is 1. The van der Waals surface area contributed by atoms with Gasteiger partial charge in [0.05, 0.1) is 12.5 Å². The molecule has 4 bridgehead atoms. The predicted octanol–water partition coefficient (Wildman–Crippen LogP) is 3.20. The molecule has 1 aromatic carbocycles. The molecule has 0 saturated heterocycles. The van der Waals surface area contributed by atoms with Crippen LogP contribution in [0.4, 0.5) is 0 Å². The fourth-order valence-corrected chi connectivity index (χ4v) is 5.58. The van der Waals surface area contributed by atoms with Gasteiger partial charge in [-0.3, -0.25) is 4.79 Å². The summed E-state index contributed by atoms with van der Waals surface area (Å²) in [6.07, 6.45) is 7.08. The van der Waals surface area contributed by atoms with Gasteiger partial charge in [0.15, 0.2) is 0 Å². The highest BCUT2D eigenvalue weighted by Crippen LogP contribution is 2.55. The zero-order valence-corrected chi connectivity index (χ0v) is 13.0. The lowest BCUT2D eigenvalue weighted by Crippen LogP contribution is -2.59. The van der Waals surface area contributed by atoms with E-state index in [-0.39, 0.29) is 17.9 Å². The molecule has 5 rings (SSSR count). The Kier molecular flexibility index (Phi) is 3.48. The number of hydrogen-bond donors (Lipinski definition) is 2. The minimum Gasteiger partial charge on any atom is -0.388 e. The number of aliphatic hydroxyl groups is 1. The van der Waals surface area contributed by atoms with Crippen molar-refractivity contribution in [2.24, 2.45) is 17.8 Å². The summed E-state index contributed by atoms with van der Waals surface area (Å²) in [6.45, 7) is 0. The summed E-state index contributed by atoms with van der Waals surface area (Å²) in [5.74, 6) is 2.49. The molecule has 118 valence electrons. The average Bonchev–Trinajstić information content (AvgIpc) is 2.45. The molecular weight excluding hydrogens is 274 g/mol. The molecule has 3 nitrogen and oxygen atoms in total. The number of amides is 1. The van der Waals surface area contributed by atoms with Crippen LogP contribution in [0, 0.1) is 17.8 Å². The first-order chi connectivity index (χ1) is 10.6. The van der Waals surface area contributed by atoms with Crippen LogP contribution in [0.5, 0.6) is 0 Å². The van der Waals surface area contributed by atoms with Crippen LogP contribution in [-0.4, -0.2) is 16.6 Å². The van der Waals surface area contributed by atoms with E-state index in [9.17, 15) is 9.90 Å². The first-order valence-electron chi connectivity index (χ1n) is 8.66. The molecule has 2 N–H and O–H groups in total. The summed E-state index contributed by atoms with van der Waals surface area (Å²) in [5.41, 5.74) is 0.866. The Labute approximate surface area is 132 Å². The number of aliphatic hydroxyl groups excluding tert-OH is 1. The minimum atomic E-state index is -0.699. The summed E-state index contributed by atoms with van der Waals surface area (Å²) in [5, 5.41) is 13.6. The first kappa shape index (κ1) is 14.3. The highest BCUT2D eigenvalue weighted by atomic mass is 16.3. The van der Waals surface area contributed by atoms with Crippen LogP contribution in [-0.2, 0) is 4.79 Å². The van der Waals surface area contributed by atoms with Crippen molar-refractivity contribution in [3.63, 3.8) is 0 Å². The van der Waals surface area contributed by atoms with Crippen molar-refractivity contribution in [3.05, 3.63) is 35.9 Å². The molecule has 1 amide bonds. The van der Waals surface area contributed by atoms with E-state index in [0.717, 1.165) is 42.6 Å². The van der Waals surface area contributed by atoms with E-state index in [1.54, 1.807) is 0 Å². The minimum absolute atomic E-state index is 0.0123. The molecule has 4 aliphatic carbocycles. The third kappa shape index (κ3) is 2.67. The summed E-state index contributed by atoms with van der Waals surface area (Å²) in [4.78, 5) is 12.4. The van der Waals surface area contributed by atoms with Gasteiger partial charge < -0.3 is 10.4 Å². The molecule has 0 spiro atoms. The predicted molar refractivity (Wildman–Crippen MR) is 85.1 cm³/mol. The van der Waals surface area contributed by atoms with Crippen molar-refractivity contribution in [1.29, 1.82) is 0 Å². The summed E-state index contributed by atoms with van der Waals surface area (Å²) < 4.78 is 0. The van der Waals surface area contributed by atoms with E-state index in [1.807, 2.05) is 30.3 Å². The second kappa shape index (κ2) is 5.38. The van der Waals surface area contributed by atoms with E-state index >= 15 is 0 Å². The van der Waals surface area contributed by atoms with Gasteiger partial charge in [-0.2, -0.15) is 0 Å². The second-order valence-corrected chi connectivity index (χ2v) is 7.88. The maximum Gasteiger partial charge on any atom is 0.223 e. The molecule has 4 saturated carbocycles. The quantitative estimate of drug-likeness (QED) is 0.897. The molecule has 0 radical (unpaired) electrons. The lowest BCUT2D eigenvalue weighted by Gasteiger charge is -2.57. The zero-order chi connectivity index (χ0) is 15.2. The van der Waals surface area contributed by atoms with Crippen molar-refractivity contribution in [1.82, 2.24) is 5.32 Å². The molecule has 0 heterocycles. The van der Waals surface area contributed by atoms with Crippen LogP contribution >= 0.6 is 0 Å². The van der Waals surface area contributed by atoms with Crippen molar-refractivity contribution in [2.45, 2.75) is 56.6 Å². The molecule has 1 atom stereocenters. The maximum atomic E-state index is 12.4.